The van der Waals surface area contributed by atoms with E-state index in [2.05, 4.69) is 23.7 Å². The van der Waals surface area contributed by atoms with Crippen molar-refractivity contribution in [3.8, 4) is 0 Å². The molecule has 2 aromatic rings. The second-order valence-corrected chi connectivity index (χ2v) is 11.5. The summed E-state index contributed by atoms with van der Waals surface area (Å²) in [5.74, 6) is -0.0801. The van der Waals surface area contributed by atoms with E-state index in [4.69, 9.17) is 0 Å². The first kappa shape index (κ1) is 22.1. The van der Waals surface area contributed by atoms with E-state index in [0.717, 1.165) is 25.0 Å². The van der Waals surface area contributed by atoms with Crippen LogP contribution in [0.5, 0.6) is 0 Å². The van der Waals surface area contributed by atoms with Gasteiger partial charge in [0.1, 0.15) is 4.90 Å². The second-order valence-electron chi connectivity index (χ2n) is 7.38. The zero-order valence-corrected chi connectivity index (χ0v) is 18.6. The quantitative estimate of drug-likeness (QED) is 0.595. The molecular weight excluding hydrogens is 410 g/mol. The fraction of sp³-hybridized carbons (Fsp3) is 0.550. The second kappa shape index (κ2) is 9.07. The predicted molar refractivity (Wildman–Crippen MR) is 115 cm³/mol. The fourth-order valence-electron chi connectivity index (χ4n) is 3.90. The fourth-order valence-corrected chi connectivity index (χ4v) is 7.59. The van der Waals surface area contributed by atoms with Gasteiger partial charge in [-0.05, 0) is 44.6 Å². The van der Waals surface area contributed by atoms with Gasteiger partial charge < -0.3 is 4.90 Å². The van der Waals surface area contributed by atoms with E-state index in [-0.39, 0.29) is 16.4 Å². The first-order valence-electron chi connectivity index (χ1n) is 10.1. The van der Waals surface area contributed by atoms with E-state index in [1.54, 1.807) is 24.4 Å². The predicted octanol–water partition coefficient (Wildman–Crippen LogP) is 2.14. The summed E-state index contributed by atoms with van der Waals surface area (Å²) >= 11 is 0. The molecule has 29 heavy (non-hydrogen) atoms. The summed E-state index contributed by atoms with van der Waals surface area (Å²) in [5.41, 5.74) is 0.421. The highest BCUT2D eigenvalue weighted by Gasteiger charge is 2.39. The van der Waals surface area contributed by atoms with Gasteiger partial charge in [-0.1, -0.05) is 32.0 Å². The first-order valence-corrected chi connectivity index (χ1v) is 13.3. The van der Waals surface area contributed by atoms with Crippen molar-refractivity contribution in [2.45, 2.75) is 37.6 Å². The molecule has 0 unspecified atom stereocenters. The monoisotopic (exact) mass is 439 g/mol. The number of pyridine rings is 1. The summed E-state index contributed by atoms with van der Waals surface area (Å²) in [4.78, 5) is 6.66. The molecule has 0 amide bonds. The third-order valence-corrected chi connectivity index (χ3v) is 9.28. The Hall–Kier alpha value is -1.55. The number of benzene rings is 1. The lowest BCUT2D eigenvalue weighted by atomic mass is 10.2. The van der Waals surface area contributed by atoms with Crippen LogP contribution in [0.25, 0.3) is 10.9 Å². The number of rotatable bonds is 9. The number of sulfone groups is 1. The van der Waals surface area contributed by atoms with Gasteiger partial charge in [0.05, 0.1) is 17.0 Å². The lowest BCUT2D eigenvalue weighted by Crippen LogP contribution is -2.42. The first-order chi connectivity index (χ1) is 13.8. The molecule has 7 nitrogen and oxygen atoms in total. The molecule has 3 rings (SSSR count). The molecule has 0 spiro atoms. The molecule has 1 atom stereocenters. The SMILES string of the molecule is CCN(CC)CCCN([C@@H]1CCS(=O)(=O)C1)S(=O)(=O)c1cccc2cccnc12. The van der Waals surface area contributed by atoms with E-state index in [1.807, 2.05) is 12.1 Å². The van der Waals surface area contributed by atoms with E-state index in [0.29, 0.717) is 24.9 Å². The van der Waals surface area contributed by atoms with Gasteiger partial charge in [0.2, 0.25) is 10.0 Å². The van der Waals surface area contributed by atoms with Crippen LogP contribution < -0.4 is 0 Å². The summed E-state index contributed by atoms with van der Waals surface area (Å²) in [6.45, 7) is 7.00. The zero-order valence-electron chi connectivity index (χ0n) is 17.0. The molecule has 160 valence electrons. The maximum absolute atomic E-state index is 13.6. The van der Waals surface area contributed by atoms with Gasteiger partial charge in [-0.25, -0.2) is 16.8 Å². The lowest BCUT2D eigenvalue weighted by molar-refractivity contribution is 0.269. The van der Waals surface area contributed by atoms with Crippen LogP contribution >= 0.6 is 0 Å². The number of sulfonamides is 1. The highest BCUT2D eigenvalue weighted by molar-refractivity contribution is 7.92. The number of aromatic nitrogens is 1. The van der Waals surface area contributed by atoms with Crippen LogP contribution in [-0.2, 0) is 19.9 Å². The van der Waals surface area contributed by atoms with Crippen LogP contribution in [0.4, 0.5) is 0 Å². The third kappa shape index (κ3) is 4.96. The Balaban J connectivity index is 1.95. The lowest BCUT2D eigenvalue weighted by Gasteiger charge is -2.29. The van der Waals surface area contributed by atoms with Crippen molar-refractivity contribution in [3.05, 3.63) is 36.5 Å². The summed E-state index contributed by atoms with van der Waals surface area (Å²) in [6.07, 6.45) is 2.56. The topological polar surface area (TPSA) is 87.7 Å². The average Bonchev–Trinajstić information content (AvgIpc) is 3.06. The van der Waals surface area contributed by atoms with Crippen molar-refractivity contribution in [3.63, 3.8) is 0 Å². The van der Waals surface area contributed by atoms with Gasteiger partial charge in [-0.2, -0.15) is 4.31 Å². The molecule has 0 saturated carbocycles. The Bertz CT molecular complexity index is 1050. The van der Waals surface area contributed by atoms with Crippen LogP contribution in [0, 0.1) is 0 Å². The Morgan fingerprint density at radius 3 is 2.48 bits per heavy atom. The molecule has 9 heteroatoms. The van der Waals surface area contributed by atoms with E-state index < -0.39 is 25.9 Å². The highest BCUT2D eigenvalue weighted by Crippen LogP contribution is 2.29. The summed E-state index contributed by atoms with van der Waals surface area (Å²) < 4.78 is 52.8. The Morgan fingerprint density at radius 1 is 1.10 bits per heavy atom. The molecule has 0 N–H and O–H groups in total. The number of nitrogens with zero attached hydrogens (tertiary/aromatic N) is 3. The molecule has 2 heterocycles. The summed E-state index contributed by atoms with van der Waals surface area (Å²) in [7, 11) is -7.09. The minimum atomic E-state index is -3.88. The van der Waals surface area contributed by atoms with E-state index >= 15 is 0 Å². The van der Waals surface area contributed by atoms with Gasteiger partial charge >= 0.3 is 0 Å². The van der Waals surface area contributed by atoms with Crippen molar-refractivity contribution in [2.75, 3.05) is 37.7 Å². The number of hydrogen-bond donors (Lipinski definition) is 0. The van der Waals surface area contributed by atoms with E-state index in [1.165, 1.54) is 4.31 Å². The molecule has 1 saturated heterocycles. The normalized spacial score (nSPS) is 19.4. The van der Waals surface area contributed by atoms with E-state index in [9.17, 15) is 16.8 Å². The third-order valence-electron chi connectivity index (χ3n) is 5.55. The number of hydrogen-bond acceptors (Lipinski definition) is 6. The maximum Gasteiger partial charge on any atom is 0.245 e. The molecule has 1 fully saturated rings. The van der Waals surface area contributed by atoms with Crippen LogP contribution in [0.3, 0.4) is 0 Å². The summed E-state index contributed by atoms with van der Waals surface area (Å²) in [5, 5.41) is 0.746. The number of fused-ring (bicyclic) bond motifs is 1. The van der Waals surface area contributed by atoms with Crippen LogP contribution in [-0.4, -0.2) is 74.8 Å². The van der Waals surface area contributed by atoms with Crippen molar-refractivity contribution >= 4 is 30.8 Å². The largest absolute Gasteiger partial charge is 0.304 e. The average molecular weight is 440 g/mol. The van der Waals surface area contributed by atoms with Gasteiger partial charge in [-0.3, -0.25) is 4.98 Å². The van der Waals surface area contributed by atoms with Crippen molar-refractivity contribution in [2.24, 2.45) is 0 Å². The molecule has 1 aromatic heterocycles. The molecular formula is C20H29N3O4S2. The van der Waals surface area contributed by atoms with Gasteiger partial charge in [0, 0.05) is 24.2 Å². The number of para-hydroxylation sites is 1. The minimum Gasteiger partial charge on any atom is -0.304 e. The molecule has 1 aliphatic heterocycles. The smallest absolute Gasteiger partial charge is 0.245 e. The maximum atomic E-state index is 13.6. The van der Waals surface area contributed by atoms with Gasteiger partial charge in [-0.15, -0.1) is 0 Å². The standard InChI is InChI=1S/C20H29N3O4S2/c1-3-22(4-2)13-7-14-23(18-11-15-28(24,25)16-18)29(26,27)19-10-5-8-17-9-6-12-21-20(17)19/h5-6,8-10,12,18H,3-4,7,11,13-16H2,1-2H3/t18-/m1/s1. The van der Waals surface area contributed by atoms with Crippen molar-refractivity contribution < 1.29 is 16.8 Å². The highest BCUT2D eigenvalue weighted by atomic mass is 32.2. The molecule has 1 aromatic carbocycles. The van der Waals surface area contributed by atoms with Crippen LogP contribution in [0.15, 0.2) is 41.4 Å². The molecule has 0 radical (unpaired) electrons. The summed E-state index contributed by atoms with van der Waals surface area (Å²) in [6, 6.07) is 8.16. The Labute approximate surface area is 173 Å². The minimum absolute atomic E-state index is 0.0352. The zero-order chi connectivity index (χ0) is 21.1. The molecule has 0 bridgehead atoms. The van der Waals surface area contributed by atoms with Crippen molar-refractivity contribution in [1.29, 1.82) is 0 Å². The van der Waals surface area contributed by atoms with Gasteiger partial charge in [0.15, 0.2) is 9.84 Å². The molecule has 1 aliphatic rings. The Kier molecular flexibility index (Phi) is 6.93. The van der Waals surface area contributed by atoms with Crippen LogP contribution in [0.1, 0.15) is 26.7 Å². The molecule has 0 aliphatic carbocycles. The van der Waals surface area contributed by atoms with Crippen molar-refractivity contribution in [1.82, 2.24) is 14.2 Å². The Morgan fingerprint density at radius 2 is 1.83 bits per heavy atom. The van der Waals surface area contributed by atoms with Crippen LogP contribution in [0.2, 0.25) is 0 Å². The van der Waals surface area contributed by atoms with Gasteiger partial charge in [0.25, 0.3) is 0 Å².